The summed E-state index contributed by atoms with van der Waals surface area (Å²) in [6.45, 7) is 6.28. The molecule has 0 atom stereocenters. The van der Waals surface area contributed by atoms with Crippen LogP contribution in [0, 0.1) is 5.95 Å². The summed E-state index contributed by atoms with van der Waals surface area (Å²) < 4.78 is 19.2. The summed E-state index contributed by atoms with van der Waals surface area (Å²) in [4.78, 5) is 57.1. The molecule has 1 aromatic carbocycles. The molecule has 10 nitrogen and oxygen atoms in total. The minimum absolute atomic E-state index is 0.0613. The molecule has 236 valence electrons. The number of piperidine rings is 1. The molecule has 1 aliphatic carbocycles. The first-order valence-electron chi connectivity index (χ1n) is 15.6. The number of nitrogens with zero attached hydrogens (tertiary/aromatic N) is 5. The number of pyridine rings is 3. The van der Waals surface area contributed by atoms with Crippen molar-refractivity contribution in [2.45, 2.75) is 69.6 Å². The second-order valence-corrected chi connectivity index (χ2v) is 13.4. The van der Waals surface area contributed by atoms with Crippen molar-refractivity contribution in [1.82, 2.24) is 25.2 Å². The molecule has 3 amide bonds. The average molecular weight is 623 g/mol. The molecule has 46 heavy (non-hydrogen) atoms. The SMILES string of the molecule is CC(C)(C)OC(=O)NC1(C(=O)N2CCC3(CC2)C(=O)N(Cc2ncc4ccccc4c2-c2ccc(F)nc2)c2cnccc23)CC1. The van der Waals surface area contributed by atoms with Crippen LogP contribution in [0.3, 0.4) is 0 Å². The number of carbonyl (C=O) groups is 3. The highest BCUT2D eigenvalue weighted by molar-refractivity contribution is 6.08. The average Bonchev–Trinajstić information content (AvgIpc) is 3.78. The van der Waals surface area contributed by atoms with Crippen LogP contribution in [0.4, 0.5) is 14.9 Å². The van der Waals surface area contributed by atoms with Crippen LogP contribution in [0.5, 0.6) is 0 Å². The number of rotatable bonds is 5. The molecule has 0 unspecified atom stereocenters. The maximum absolute atomic E-state index is 14.5. The largest absolute Gasteiger partial charge is 0.444 e. The Labute approximate surface area is 266 Å². The number of hydrogen-bond donors (Lipinski definition) is 1. The van der Waals surface area contributed by atoms with Gasteiger partial charge in [0.1, 0.15) is 11.1 Å². The molecule has 1 spiro atoms. The Balaban J connectivity index is 1.15. The highest BCUT2D eigenvalue weighted by Gasteiger charge is 2.57. The van der Waals surface area contributed by atoms with Crippen molar-refractivity contribution in [2.75, 3.05) is 18.0 Å². The van der Waals surface area contributed by atoms with Crippen molar-refractivity contribution >= 4 is 34.4 Å². The van der Waals surface area contributed by atoms with Gasteiger partial charge in [0, 0.05) is 48.2 Å². The van der Waals surface area contributed by atoms with Gasteiger partial charge in [-0.2, -0.15) is 4.39 Å². The fraction of sp³-hybridized carbons (Fsp3) is 0.371. The molecule has 3 aliphatic rings. The molecule has 1 N–H and O–H groups in total. The quantitative estimate of drug-likeness (QED) is 0.301. The van der Waals surface area contributed by atoms with E-state index in [1.54, 1.807) is 55.2 Å². The van der Waals surface area contributed by atoms with Gasteiger partial charge in [-0.05, 0) is 75.6 Å². The third-order valence-corrected chi connectivity index (χ3v) is 9.27. The van der Waals surface area contributed by atoms with Crippen LogP contribution in [0.1, 0.15) is 57.7 Å². The van der Waals surface area contributed by atoms with Crippen LogP contribution < -0.4 is 10.2 Å². The minimum atomic E-state index is -0.951. The first-order chi connectivity index (χ1) is 22.0. The number of hydrogen-bond acceptors (Lipinski definition) is 7. The topological polar surface area (TPSA) is 118 Å². The Bertz CT molecular complexity index is 1860. The fourth-order valence-electron chi connectivity index (χ4n) is 6.86. The number of halogens is 1. The number of nitrogens with one attached hydrogen (secondary N) is 1. The van der Waals surface area contributed by atoms with E-state index in [1.807, 2.05) is 30.3 Å². The number of benzene rings is 1. The molecule has 1 saturated heterocycles. The van der Waals surface area contributed by atoms with Crippen molar-refractivity contribution < 1.29 is 23.5 Å². The Morgan fingerprint density at radius 2 is 1.74 bits per heavy atom. The molecule has 0 bridgehead atoms. The predicted molar refractivity (Wildman–Crippen MR) is 169 cm³/mol. The normalized spacial score (nSPS) is 18.0. The van der Waals surface area contributed by atoms with E-state index >= 15 is 0 Å². The maximum atomic E-state index is 14.5. The summed E-state index contributed by atoms with van der Waals surface area (Å²) in [5.41, 5.74) is 1.31. The van der Waals surface area contributed by atoms with E-state index in [9.17, 15) is 18.8 Å². The smallest absolute Gasteiger partial charge is 0.408 e. The summed E-state index contributed by atoms with van der Waals surface area (Å²) >= 11 is 0. The maximum Gasteiger partial charge on any atom is 0.408 e. The Morgan fingerprint density at radius 1 is 0.978 bits per heavy atom. The number of ether oxygens (including phenoxy) is 1. The zero-order valence-corrected chi connectivity index (χ0v) is 26.0. The van der Waals surface area contributed by atoms with Gasteiger partial charge in [0.15, 0.2) is 0 Å². The van der Waals surface area contributed by atoms with E-state index in [-0.39, 0.29) is 18.4 Å². The number of carbonyl (C=O) groups excluding carboxylic acids is 3. The monoisotopic (exact) mass is 622 g/mol. The van der Waals surface area contributed by atoms with Gasteiger partial charge in [-0.1, -0.05) is 24.3 Å². The highest BCUT2D eigenvalue weighted by Crippen LogP contribution is 2.49. The zero-order chi connectivity index (χ0) is 32.3. The van der Waals surface area contributed by atoms with Gasteiger partial charge in [-0.15, -0.1) is 0 Å². The number of likely N-dealkylation sites (tertiary alicyclic amines) is 1. The van der Waals surface area contributed by atoms with Crippen LogP contribution in [-0.4, -0.2) is 62.0 Å². The molecule has 4 aromatic rings. The molecule has 2 aliphatic heterocycles. The van der Waals surface area contributed by atoms with Gasteiger partial charge in [-0.3, -0.25) is 19.6 Å². The van der Waals surface area contributed by atoms with Crippen LogP contribution in [-0.2, 0) is 26.3 Å². The number of alkyl carbamates (subject to hydrolysis) is 1. The van der Waals surface area contributed by atoms with E-state index in [2.05, 4.69) is 15.3 Å². The van der Waals surface area contributed by atoms with Crippen LogP contribution >= 0.6 is 0 Å². The second kappa shape index (κ2) is 10.9. The molecular weight excluding hydrogens is 587 g/mol. The van der Waals surface area contributed by atoms with Gasteiger partial charge >= 0.3 is 6.09 Å². The van der Waals surface area contributed by atoms with Gasteiger partial charge in [-0.25, -0.2) is 9.78 Å². The number of fused-ring (bicyclic) bond motifs is 3. The lowest BCUT2D eigenvalue weighted by molar-refractivity contribution is -0.138. The molecular formula is C35H35FN6O4. The molecule has 11 heteroatoms. The lowest BCUT2D eigenvalue weighted by atomic mass is 9.74. The number of anilines is 1. The summed E-state index contributed by atoms with van der Waals surface area (Å²) in [6.07, 6.45) is 8.06. The number of amides is 3. The highest BCUT2D eigenvalue weighted by atomic mass is 19.1. The van der Waals surface area contributed by atoms with Crippen molar-refractivity contribution in [3.05, 3.63) is 84.5 Å². The molecule has 3 aromatic heterocycles. The lowest BCUT2D eigenvalue weighted by Crippen LogP contribution is -2.56. The summed E-state index contributed by atoms with van der Waals surface area (Å²) in [5.74, 6) is -0.773. The molecule has 0 radical (unpaired) electrons. The van der Waals surface area contributed by atoms with Crippen LogP contribution in [0.25, 0.3) is 21.9 Å². The predicted octanol–water partition coefficient (Wildman–Crippen LogP) is 5.30. The lowest BCUT2D eigenvalue weighted by Gasteiger charge is -2.40. The molecule has 5 heterocycles. The third kappa shape index (κ3) is 5.13. The second-order valence-electron chi connectivity index (χ2n) is 13.4. The van der Waals surface area contributed by atoms with E-state index in [1.165, 1.54) is 12.3 Å². The van der Waals surface area contributed by atoms with E-state index < -0.39 is 28.6 Å². The molecule has 1 saturated carbocycles. The van der Waals surface area contributed by atoms with Crippen molar-refractivity contribution in [3.8, 4) is 11.1 Å². The van der Waals surface area contributed by atoms with E-state index in [0.29, 0.717) is 50.0 Å². The Hall–Kier alpha value is -4.93. The van der Waals surface area contributed by atoms with E-state index in [0.717, 1.165) is 27.6 Å². The number of aromatic nitrogens is 3. The molecule has 2 fully saturated rings. The fourth-order valence-corrected chi connectivity index (χ4v) is 6.86. The van der Waals surface area contributed by atoms with Crippen molar-refractivity contribution in [1.29, 1.82) is 0 Å². The van der Waals surface area contributed by atoms with Gasteiger partial charge < -0.3 is 19.9 Å². The first kappa shape index (κ1) is 29.8. The standard InChI is InChI=1S/C35H35FN6O4/c1-33(2,3)46-32(45)40-35(11-12-35)31(44)41-16-13-34(14-17-41)25-10-15-37-20-27(25)42(30(34)43)21-26-29(23-8-9-28(36)39-19-23)24-7-5-4-6-22(24)18-38-26/h4-10,15,18-20H,11-14,16-17,21H2,1-3H3,(H,40,45). The third-order valence-electron chi connectivity index (χ3n) is 9.27. The van der Waals surface area contributed by atoms with Crippen LogP contribution in [0.15, 0.2) is 67.3 Å². The van der Waals surface area contributed by atoms with E-state index in [4.69, 9.17) is 9.72 Å². The minimum Gasteiger partial charge on any atom is -0.444 e. The van der Waals surface area contributed by atoms with Crippen LogP contribution in [0.2, 0.25) is 0 Å². The van der Waals surface area contributed by atoms with Gasteiger partial charge in [0.2, 0.25) is 17.8 Å². The van der Waals surface area contributed by atoms with Crippen molar-refractivity contribution in [3.63, 3.8) is 0 Å². The summed E-state index contributed by atoms with van der Waals surface area (Å²) in [5, 5.41) is 4.65. The first-order valence-corrected chi connectivity index (χ1v) is 15.6. The Kier molecular flexibility index (Phi) is 7.02. The molecule has 7 rings (SSSR count). The van der Waals surface area contributed by atoms with Gasteiger partial charge in [0.05, 0.1) is 29.5 Å². The zero-order valence-electron chi connectivity index (χ0n) is 26.0. The Morgan fingerprint density at radius 3 is 2.43 bits per heavy atom. The summed E-state index contributed by atoms with van der Waals surface area (Å²) in [7, 11) is 0. The van der Waals surface area contributed by atoms with Gasteiger partial charge in [0.25, 0.3) is 0 Å². The van der Waals surface area contributed by atoms with Crippen molar-refractivity contribution in [2.24, 2.45) is 0 Å². The summed E-state index contributed by atoms with van der Waals surface area (Å²) in [6, 6.07) is 12.7.